The first-order valence-corrected chi connectivity index (χ1v) is 9.48. The molecule has 1 saturated heterocycles. The van der Waals surface area contributed by atoms with Crippen LogP contribution in [-0.2, 0) is 11.7 Å². The first-order valence-electron chi connectivity index (χ1n) is 9.10. The zero-order chi connectivity index (χ0) is 20.3. The van der Waals surface area contributed by atoms with Crippen molar-refractivity contribution in [3.05, 3.63) is 46.5 Å². The summed E-state index contributed by atoms with van der Waals surface area (Å²) in [6, 6.07) is 7.18. The van der Waals surface area contributed by atoms with Gasteiger partial charge in [-0.1, -0.05) is 17.7 Å². The average Bonchev–Trinajstić information content (AvgIpc) is 3.01. The fourth-order valence-electron chi connectivity index (χ4n) is 3.67. The lowest BCUT2D eigenvalue weighted by atomic mass is 9.94. The number of fused-ring (bicyclic) bond motifs is 1. The van der Waals surface area contributed by atoms with E-state index in [0.29, 0.717) is 29.0 Å². The summed E-state index contributed by atoms with van der Waals surface area (Å²) in [5.74, 6) is 1.40. The Balaban J connectivity index is 1.69. The second-order valence-corrected chi connectivity index (χ2v) is 8.47. The van der Waals surface area contributed by atoms with Crippen LogP contribution < -0.4 is 15.8 Å². The van der Waals surface area contributed by atoms with Gasteiger partial charge in [0.25, 0.3) is 0 Å². The van der Waals surface area contributed by atoms with Gasteiger partial charge in [-0.05, 0) is 37.6 Å². The second kappa shape index (κ2) is 6.61. The molecule has 2 aromatic rings. The molecule has 1 unspecified atom stereocenters. The molecule has 1 aromatic heterocycles. The number of nitrogens with two attached hydrogens (primary N) is 1. The topological polar surface area (TPSA) is 60.2 Å². The number of pyridine rings is 1. The molecule has 0 spiro atoms. The first-order chi connectivity index (χ1) is 13.0. The quantitative estimate of drug-likeness (QED) is 0.791. The molecule has 4 nitrogen and oxygen atoms in total. The molecular formula is C20H21ClF3N3O. The molecule has 3 N–H and O–H groups in total. The maximum Gasteiger partial charge on any atom is 0.417 e. The number of ether oxygens (including phenoxy) is 1. The van der Waals surface area contributed by atoms with Crippen molar-refractivity contribution in [2.75, 3.05) is 13.1 Å². The van der Waals surface area contributed by atoms with Gasteiger partial charge in [-0.15, -0.1) is 0 Å². The number of hydrogen-bond acceptors (Lipinski definition) is 4. The molecular weight excluding hydrogens is 391 g/mol. The summed E-state index contributed by atoms with van der Waals surface area (Å²) in [7, 11) is 0. The third-order valence-electron chi connectivity index (χ3n) is 5.39. The molecule has 28 heavy (non-hydrogen) atoms. The molecule has 1 aliphatic carbocycles. The van der Waals surface area contributed by atoms with Gasteiger partial charge in [-0.3, -0.25) is 0 Å². The number of alkyl halides is 3. The van der Waals surface area contributed by atoms with Crippen LogP contribution >= 0.6 is 11.6 Å². The molecule has 4 rings (SSSR count). The van der Waals surface area contributed by atoms with Crippen molar-refractivity contribution < 1.29 is 17.9 Å². The molecule has 150 valence electrons. The molecule has 2 heterocycles. The summed E-state index contributed by atoms with van der Waals surface area (Å²) >= 11 is 5.88. The summed E-state index contributed by atoms with van der Waals surface area (Å²) in [4.78, 5) is 4.52. The van der Waals surface area contributed by atoms with Crippen molar-refractivity contribution in [1.82, 2.24) is 10.3 Å². The van der Waals surface area contributed by atoms with Crippen molar-refractivity contribution in [2.24, 2.45) is 17.6 Å². The lowest BCUT2D eigenvalue weighted by Crippen LogP contribution is -2.29. The van der Waals surface area contributed by atoms with Gasteiger partial charge in [0, 0.05) is 42.1 Å². The fraction of sp³-hybridized carbons (Fsp3) is 0.450. The van der Waals surface area contributed by atoms with E-state index in [1.807, 2.05) is 13.8 Å². The Labute approximate surface area is 166 Å². The smallest absolute Gasteiger partial charge is 0.417 e. The van der Waals surface area contributed by atoms with E-state index < -0.39 is 17.3 Å². The van der Waals surface area contributed by atoms with Gasteiger partial charge < -0.3 is 15.8 Å². The number of nitrogens with zero attached hydrogens (tertiary/aromatic N) is 1. The second-order valence-electron chi connectivity index (χ2n) is 8.06. The van der Waals surface area contributed by atoms with Gasteiger partial charge >= 0.3 is 6.18 Å². The van der Waals surface area contributed by atoms with Crippen molar-refractivity contribution in [3.63, 3.8) is 0 Å². The first kappa shape index (κ1) is 19.5. The third kappa shape index (κ3) is 3.71. The Morgan fingerprint density at radius 1 is 1.14 bits per heavy atom. The minimum atomic E-state index is -4.50. The zero-order valence-electron chi connectivity index (χ0n) is 15.5. The van der Waals surface area contributed by atoms with Gasteiger partial charge in [0.05, 0.1) is 16.3 Å². The Bertz CT molecular complexity index is 901. The summed E-state index contributed by atoms with van der Waals surface area (Å²) in [5.41, 5.74) is 6.46. The van der Waals surface area contributed by atoms with Gasteiger partial charge in [0.2, 0.25) is 5.88 Å². The highest BCUT2D eigenvalue weighted by Gasteiger charge is 2.55. The average molecular weight is 412 g/mol. The van der Waals surface area contributed by atoms with Gasteiger partial charge in [0.15, 0.2) is 0 Å². The van der Waals surface area contributed by atoms with Crippen LogP contribution in [0.3, 0.4) is 0 Å². The van der Waals surface area contributed by atoms with Crippen LogP contribution in [0, 0.1) is 11.8 Å². The van der Waals surface area contributed by atoms with E-state index in [0.717, 1.165) is 24.7 Å². The maximum absolute atomic E-state index is 13.0. The molecule has 3 atom stereocenters. The Morgan fingerprint density at radius 3 is 2.39 bits per heavy atom. The van der Waals surface area contributed by atoms with E-state index in [4.69, 9.17) is 22.1 Å². The zero-order valence-corrected chi connectivity index (χ0v) is 16.2. The van der Waals surface area contributed by atoms with Gasteiger partial charge in [0.1, 0.15) is 6.10 Å². The van der Waals surface area contributed by atoms with E-state index in [9.17, 15) is 13.2 Å². The molecule has 8 heteroatoms. The highest BCUT2D eigenvalue weighted by Crippen LogP contribution is 2.45. The lowest BCUT2D eigenvalue weighted by molar-refractivity contribution is -0.137. The summed E-state index contributed by atoms with van der Waals surface area (Å²) in [6.07, 6.45) is -4.38. The fourth-order valence-corrected chi connectivity index (χ4v) is 3.95. The van der Waals surface area contributed by atoms with E-state index in [1.54, 1.807) is 12.1 Å². The predicted molar refractivity (Wildman–Crippen MR) is 101 cm³/mol. The Morgan fingerprint density at radius 2 is 1.82 bits per heavy atom. The minimum Gasteiger partial charge on any atom is -0.474 e. The van der Waals surface area contributed by atoms with E-state index in [-0.39, 0.29) is 11.1 Å². The van der Waals surface area contributed by atoms with Gasteiger partial charge in [-0.25, -0.2) is 4.98 Å². The van der Waals surface area contributed by atoms with E-state index in [2.05, 4.69) is 10.3 Å². The number of halogens is 4. The summed E-state index contributed by atoms with van der Waals surface area (Å²) in [5, 5.41) is 2.94. The van der Waals surface area contributed by atoms with Crippen LogP contribution in [-0.4, -0.2) is 24.2 Å². The summed E-state index contributed by atoms with van der Waals surface area (Å²) in [6.45, 7) is 5.56. The van der Waals surface area contributed by atoms with Crippen LogP contribution in [0.15, 0.2) is 30.3 Å². The van der Waals surface area contributed by atoms with Crippen molar-refractivity contribution in [3.8, 4) is 17.1 Å². The number of hydrogen-bond donors (Lipinski definition) is 2. The van der Waals surface area contributed by atoms with Crippen molar-refractivity contribution in [2.45, 2.75) is 31.7 Å². The number of piperidine rings is 1. The van der Waals surface area contributed by atoms with E-state index >= 15 is 0 Å². The van der Waals surface area contributed by atoms with Crippen LogP contribution in [0.5, 0.6) is 5.88 Å². The van der Waals surface area contributed by atoms with Gasteiger partial charge in [-0.2, -0.15) is 13.2 Å². The molecule has 1 saturated carbocycles. The van der Waals surface area contributed by atoms with Crippen LogP contribution in [0.4, 0.5) is 13.2 Å². The van der Waals surface area contributed by atoms with Crippen LogP contribution in [0.2, 0.25) is 5.02 Å². The maximum atomic E-state index is 13.0. The number of benzene rings is 1. The minimum absolute atomic E-state index is 0.119. The van der Waals surface area contributed by atoms with E-state index in [1.165, 1.54) is 12.1 Å². The molecule has 0 amide bonds. The SMILES string of the molecule is CC(C)(N)c1cc(OC2[C@H]3CNC[C@@H]23)nc(-c2ccc(C(F)(F)F)c(Cl)c2)c1. The lowest BCUT2D eigenvalue weighted by Gasteiger charge is -2.21. The highest BCUT2D eigenvalue weighted by molar-refractivity contribution is 6.31. The van der Waals surface area contributed by atoms with Crippen LogP contribution in [0.25, 0.3) is 11.3 Å². The Hall–Kier alpha value is -1.83. The highest BCUT2D eigenvalue weighted by atomic mass is 35.5. The molecule has 2 fully saturated rings. The summed E-state index contributed by atoms with van der Waals surface area (Å²) < 4.78 is 45.0. The van der Waals surface area contributed by atoms with Crippen molar-refractivity contribution in [1.29, 1.82) is 0 Å². The number of rotatable bonds is 4. The van der Waals surface area contributed by atoms with Crippen molar-refractivity contribution >= 4 is 11.6 Å². The Kier molecular flexibility index (Phi) is 4.60. The third-order valence-corrected chi connectivity index (χ3v) is 5.70. The molecule has 1 aliphatic heterocycles. The molecule has 0 radical (unpaired) electrons. The predicted octanol–water partition coefficient (Wildman–Crippen LogP) is 4.21. The number of aromatic nitrogens is 1. The molecule has 2 aliphatic rings. The number of nitrogens with one attached hydrogen (secondary N) is 1. The monoisotopic (exact) mass is 411 g/mol. The normalized spacial score (nSPS) is 24.2. The molecule has 0 bridgehead atoms. The molecule has 1 aromatic carbocycles. The van der Waals surface area contributed by atoms with Crippen LogP contribution in [0.1, 0.15) is 25.0 Å². The largest absolute Gasteiger partial charge is 0.474 e. The standard InChI is InChI=1S/C20H21ClF3N3O/c1-19(2,25)11-6-16(10-3-4-14(15(21)5-10)20(22,23)24)27-17(7-11)28-18-12-8-26-9-13(12)18/h3-7,12-13,18,26H,8-9,25H2,1-2H3/t12-,13+,18?.